The molecule has 2 fully saturated rings. The van der Waals surface area contributed by atoms with Gasteiger partial charge in [-0.25, -0.2) is 4.41 Å². The number of hydrogen-bond acceptors (Lipinski definition) is 6. The van der Waals surface area contributed by atoms with Gasteiger partial charge in [0.15, 0.2) is 0 Å². The van der Waals surface area contributed by atoms with Crippen LogP contribution in [0.25, 0.3) is 0 Å². The van der Waals surface area contributed by atoms with Gasteiger partial charge in [-0.1, -0.05) is 12.1 Å². The number of rotatable bonds is 4. The molecule has 0 saturated carbocycles. The molecule has 0 spiro atoms. The van der Waals surface area contributed by atoms with Crippen LogP contribution >= 0.6 is 23.9 Å². The molecule has 0 aliphatic carbocycles. The maximum absolute atomic E-state index is 8.87. The molecule has 3 heterocycles. The van der Waals surface area contributed by atoms with Gasteiger partial charge < -0.3 is 4.90 Å². The van der Waals surface area contributed by atoms with Gasteiger partial charge in [0.05, 0.1) is 17.3 Å². The van der Waals surface area contributed by atoms with Crippen LogP contribution in [0.1, 0.15) is 24.0 Å². The van der Waals surface area contributed by atoms with Gasteiger partial charge in [0.2, 0.25) is 0 Å². The Bertz CT molecular complexity index is 637. The highest BCUT2D eigenvalue weighted by Crippen LogP contribution is 2.42. The third kappa shape index (κ3) is 3.24. The molecular weight excluding hydrogens is 324 g/mol. The van der Waals surface area contributed by atoms with Gasteiger partial charge in [-0.3, -0.25) is 0 Å². The number of fused-ring (bicyclic) bond motifs is 2. The second-order valence-electron chi connectivity index (χ2n) is 6.40. The third-order valence-corrected chi connectivity index (χ3v) is 6.72. The summed E-state index contributed by atoms with van der Waals surface area (Å²) in [5.74, 6) is 2.42. The summed E-state index contributed by atoms with van der Waals surface area (Å²) in [5, 5.41) is 11.2. The van der Waals surface area contributed by atoms with Crippen LogP contribution in [0.2, 0.25) is 0 Å². The molecule has 1 unspecified atom stereocenters. The average molecular weight is 345 g/mol. The van der Waals surface area contributed by atoms with Crippen LogP contribution in [0.3, 0.4) is 0 Å². The van der Waals surface area contributed by atoms with Gasteiger partial charge in [0.25, 0.3) is 0 Å². The van der Waals surface area contributed by atoms with E-state index in [2.05, 4.69) is 25.6 Å². The highest BCUT2D eigenvalue weighted by molar-refractivity contribution is 8.02. The summed E-state index contributed by atoms with van der Waals surface area (Å²) in [6.45, 7) is 3.77. The molecular formula is C17H20N4S2. The van der Waals surface area contributed by atoms with Gasteiger partial charge in [-0.05, 0) is 66.9 Å². The number of nitrogens with one attached hydrogen (secondary N) is 1. The fraction of sp³-hybridized carbons (Fsp3) is 0.471. The molecule has 1 aromatic carbocycles. The van der Waals surface area contributed by atoms with E-state index in [-0.39, 0.29) is 0 Å². The molecule has 0 radical (unpaired) electrons. The number of benzene rings is 1. The van der Waals surface area contributed by atoms with Crippen LogP contribution in [0.4, 0.5) is 0 Å². The first-order valence-corrected chi connectivity index (χ1v) is 9.91. The monoisotopic (exact) mass is 344 g/mol. The zero-order valence-corrected chi connectivity index (χ0v) is 14.6. The van der Waals surface area contributed by atoms with Gasteiger partial charge >= 0.3 is 0 Å². The summed E-state index contributed by atoms with van der Waals surface area (Å²) in [4.78, 5) is 6.02. The van der Waals surface area contributed by atoms with E-state index in [9.17, 15) is 0 Å². The van der Waals surface area contributed by atoms with Crippen LogP contribution in [0.15, 0.2) is 35.4 Å². The Labute approximate surface area is 146 Å². The molecule has 2 saturated heterocycles. The molecule has 3 aliphatic heterocycles. The molecule has 2 bridgehead atoms. The fourth-order valence-corrected chi connectivity index (χ4v) is 5.61. The molecule has 3 aliphatic rings. The number of piperidine rings is 1. The Morgan fingerprint density at radius 2 is 2.17 bits per heavy atom. The minimum absolute atomic E-state index is 0.675. The van der Waals surface area contributed by atoms with Crippen molar-refractivity contribution in [2.45, 2.75) is 18.6 Å². The maximum atomic E-state index is 8.87. The molecule has 6 heteroatoms. The molecule has 1 aromatic rings. The Hall–Kier alpha value is -1.13. The summed E-state index contributed by atoms with van der Waals surface area (Å²) < 4.78 is 2.26. The van der Waals surface area contributed by atoms with Crippen LogP contribution in [0, 0.1) is 23.2 Å². The lowest BCUT2D eigenvalue weighted by Crippen LogP contribution is -2.28. The largest absolute Gasteiger partial charge is 0.302 e. The molecule has 4 nitrogen and oxygen atoms in total. The topological polar surface area (TPSA) is 42.3 Å². The first-order valence-electron chi connectivity index (χ1n) is 8.09. The van der Waals surface area contributed by atoms with Crippen molar-refractivity contribution in [3.05, 3.63) is 46.5 Å². The maximum Gasteiger partial charge on any atom is 0.0991 e. The second-order valence-corrected chi connectivity index (χ2v) is 7.96. The Morgan fingerprint density at radius 1 is 1.30 bits per heavy atom. The van der Waals surface area contributed by atoms with E-state index in [0.29, 0.717) is 5.92 Å². The van der Waals surface area contributed by atoms with Crippen molar-refractivity contribution >= 4 is 23.9 Å². The molecule has 23 heavy (non-hydrogen) atoms. The van der Waals surface area contributed by atoms with E-state index in [1.54, 1.807) is 11.9 Å². The molecule has 120 valence electrons. The number of nitriles is 1. The Morgan fingerprint density at radius 3 is 2.96 bits per heavy atom. The quantitative estimate of drug-likeness (QED) is 0.845. The number of nitrogens with zero attached hydrogens (tertiary/aromatic N) is 3. The van der Waals surface area contributed by atoms with E-state index in [4.69, 9.17) is 5.26 Å². The highest BCUT2D eigenvalue weighted by atomic mass is 32.2. The molecule has 0 aromatic heterocycles. The van der Waals surface area contributed by atoms with E-state index in [0.717, 1.165) is 17.2 Å². The second kappa shape index (κ2) is 6.78. The standard InChI is InChI=1S/C17H20N4S2/c18-8-13-3-5-14(6-4-13)11-23-21-17(12-22-19-21)16-10-20-7-1-2-15(16)9-20/h3-6,12,15-16,19H,1-2,7,9-11H2/t15-,16-/m0/s1. The number of hydrogen-bond donors (Lipinski definition) is 1. The molecule has 3 atom stereocenters. The van der Waals surface area contributed by atoms with Crippen LogP contribution < -0.4 is 4.83 Å². The van der Waals surface area contributed by atoms with E-state index in [1.165, 1.54) is 43.7 Å². The van der Waals surface area contributed by atoms with Crippen LogP contribution in [-0.4, -0.2) is 28.9 Å². The Kier molecular flexibility index (Phi) is 4.54. The van der Waals surface area contributed by atoms with Gasteiger partial charge in [-0.15, -0.1) is 0 Å². The first-order chi connectivity index (χ1) is 11.3. The van der Waals surface area contributed by atoms with Crippen molar-refractivity contribution in [2.24, 2.45) is 11.8 Å². The predicted octanol–water partition coefficient (Wildman–Crippen LogP) is 3.36. The summed E-state index contributed by atoms with van der Waals surface area (Å²) in [6, 6.07) is 10.1. The van der Waals surface area contributed by atoms with Gasteiger partial charge in [0, 0.05) is 30.2 Å². The van der Waals surface area contributed by atoms with Gasteiger partial charge in [0.1, 0.15) is 0 Å². The van der Waals surface area contributed by atoms with Crippen molar-refractivity contribution in [2.75, 3.05) is 19.6 Å². The lowest BCUT2D eigenvalue weighted by atomic mass is 9.89. The van der Waals surface area contributed by atoms with Crippen LogP contribution in [0.5, 0.6) is 0 Å². The van der Waals surface area contributed by atoms with Crippen molar-refractivity contribution in [3.8, 4) is 6.07 Å². The Balaban J connectivity index is 1.39. The van der Waals surface area contributed by atoms with Crippen molar-refractivity contribution in [1.29, 1.82) is 5.26 Å². The summed E-state index contributed by atoms with van der Waals surface area (Å²) >= 11 is 3.50. The number of hydrazine groups is 1. The molecule has 0 amide bonds. The predicted molar refractivity (Wildman–Crippen MR) is 95.8 cm³/mol. The lowest BCUT2D eigenvalue weighted by Gasteiger charge is -2.27. The highest BCUT2D eigenvalue weighted by Gasteiger charge is 2.40. The third-order valence-electron chi connectivity index (χ3n) is 4.94. The zero-order chi connectivity index (χ0) is 15.6. The SMILES string of the molecule is N#Cc1ccc(CSN2NSC=C2[C@H]2CN3CCC[C@H]2C3)cc1. The minimum atomic E-state index is 0.675. The normalized spacial score (nSPS) is 29.4. The summed E-state index contributed by atoms with van der Waals surface area (Å²) in [6.07, 6.45) is 2.73. The molecule has 1 N–H and O–H groups in total. The fourth-order valence-electron chi connectivity index (χ4n) is 3.74. The van der Waals surface area contributed by atoms with E-state index >= 15 is 0 Å². The zero-order valence-electron chi connectivity index (χ0n) is 12.9. The van der Waals surface area contributed by atoms with E-state index in [1.807, 2.05) is 36.2 Å². The van der Waals surface area contributed by atoms with Crippen molar-refractivity contribution < 1.29 is 0 Å². The summed E-state index contributed by atoms with van der Waals surface area (Å²) in [7, 11) is 0. The smallest absolute Gasteiger partial charge is 0.0991 e. The lowest BCUT2D eigenvalue weighted by molar-refractivity contribution is 0.268. The van der Waals surface area contributed by atoms with E-state index < -0.39 is 0 Å². The van der Waals surface area contributed by atoms with Crippen molar-refractivity contribution in [3.63, 3.8) is 0 Å². The minimum Gasteiger partial charge on any atom is -0.302 e. The average Bonchev–Trinajstić information content (AvgIpc) is 3.17. The van der Waals surface area contributed by atoms with Gasteiger partial charge in [-0.2, -0.15) is 10.1 Å². The van der Waals surface area contributed by atoms with Crippen molar-refractivity contribution in [1.82, 2.24) is 14.1 Å². The van der Waals surface area contributed by atoms with Crippen LogP contribution in [-0.2, 0) is 5.75 Å². The molecule has 4 rings (SSSR count). The first kappa shape index (κ1) is 15.4. The summed E-state index contributed by atoms with van der Waals surface area (Å²) in [5.41, 5.74) is 3.42.